The Morgan fingerprint density at radius 1 is 1.62 bits per heavy atom. The summed E-state index contributed by atoms with van der Waals surface area (Å²) < 4.78 is 5.14. The minimum absolute atomic E-state index is 0.0942. The molecule has 0 unspecified atom stereocenters. The van der Waals surface area contributed by atoms with E-state index in [-0.39, 0.29) is 5.91 Å². The topological polar surface area (TPSA) is 45.5 Å². The fourth-order valence-corrected chi connectivity index (χ4v) is 1.80. The molecule has 1 amide bonds. The van der Waals surface area contributed by atoms with Crippen molar-refractivity contribution < 1.29 is 9.21 Å². The molecule has 84 valence electrons. The van der Waals surface area contributed by atoms with Gasteiger partial charge in [-0.1, -0.05) is 6.92 Å². The molecule has 0 bridgehead atoms. The summed E-state index contributed by atoms with van der Waals surface area (Å²) in [6.45, 7) is 2.64. The van der Waals surface area contributed by atoms with Gasteiger partial charge in [-0.3, -0.25) is 9.69 Å². The van der Waals surface area contributed by atoms with Crippen LogP contribution in [0.5, 0.6) is 0 Å². The zero-order valence-corrected chi connectivity index (χ0v) is 9.71. The average Bonchev–Trinajstić information content (AvgIpc) is 2.84. The second-order valence-electron chi connectivity index (χ2n) is 3.46. The molecule has 1 aromatic rings. The van der Waals surface area contributed by atoms with Crippen LogP contribution in [0.3, 0.4) is 0 Å². The maximum absolute atomic E-state index is 11.9. The van der Waals surface area contributed by atoms with Crippen molar-refractivity contribution in [2.45, 2.75) is 13.3 Å². The van der Waals surface area contributed by atoms with E-state index in [4.69, 9.17) is 16.6 Å². The summed E-state index contributed by atoms with van der Waals surface area (Å²) in [5.41, 5.74) is 0.466. The molecule has 0 aromatic carbocycles. The Morgan fingerprint density at radius 3 is 3.06 bits per heavy atom. The van der Waals surface area contributed by atoms with E-state index in [0.717, 1.165) is 6.42 Å². The van der Waals surface area contributed by atoms with E-state index in [1.807, 2.05) is 6.92 Å². The van der Waals surface area contributed by atoms with Crippen molar-refractivity contribution in [2.75, 3.05) is 6.54 Å². The first kappa shape index (κ1) is 10.9. The van der Waals surface area contributed by atoms with Crippen LogP contribution in [-0.2, 0) is 4.79 Å². The molecule has 2 rings (SSSR count). The third-order valence-electron chi connectivity index (χ3n) is 2.24. The number of carbonyl (C=O) groups excluding carboxylic acids is 1. The van der Waals surface area contributed by atoms with Gasteiger partial charge in [0.05, 0.1) is 6.26 Å². The van der Waals surface area contributed by atoms with Crippen LogP contribution in [0, 0.1) is 0 Å². The van der Waals surface area contributed by atoms with E-state index >= 15 is 0 Å². The number of rotatable bonds is 3. The Bertz CT molecular complexity index is 437. The van der Waals surface area contributed by atoms with Crippen molar-refractivity contribution in [2.24, 2.45) is 0 Å². The van der Waals surface area contributed by atoms with Crippen LogP contribution in [0.4, 0.5) is 0 Å². The van der Waals surface area contributed by atoms with Gasteiger partial charge in [-0.25, -0.2) is 0 Å². The van der Waals surface area contributed by atoms with Gasteiger partial charge in [-0.2, -0.15) is 0 Å². The van der Waals surface area contributed by atoms with E-state index in [2.05, 4.69) is 5.32 Å². The van der Waals surface area contributed by atoms with Crippen molar-refractivity contribution in [1.29, 1.82) is 0 Å². The summed E-state index contributed by atoms with van der Waals surface area (Å²) in [6.07, 6.45) is 4.10. The minimum Gasteiger partial charge on any atom is -0.465 e. The monoisotopic (exact) mass is 236 g/mol. The zero-order valence-electron chi connectivity index (χ0n) is 8.90. The molecule has 4 nitrogen and oxygen atoms in total. The number of hydrogen-bond donors (Lipinski definition) is 1. The predicted molar refractivity (Wildman–Crippen MR) is 64.4 cm³/mol. The Morgan fingerprint density at radius 2 is 2.44 bits per heavy atom. The molecule has 1 aromatic heterocycles. The van der Waals surface area contributed by atoms with Crippen LogP contribution < -0.4 is 5.32 Å². The number of hydrogen-bond acceptors (Lipinski definition) is 3. The molecular weight excluding hydrogens is 224 g/mol. The standard InChI is InChI=1S/C11H12N2O2S/c1-2-5-13-10(14)9(12-11(13)16)7-8-4-3-6-15-8/h3-4,6-7H,2,5H2,1H3,(H,12,16). The molecular formula is C11H12N2O2S. The lowest BCUT2D eigenvalue weighted by Crippen LogP contribution is -2.31. The summed E-state index contributed by atoms with van der Waals surface area (Å²) in [4.78, 5) is 13.5. The Labute approximate surface area is 98.9 Å². The molecule has 0 atom stereocenters. The predicted octanol–water partition coefficient (Wildman–Crippen LogP) is 1.75. The van der Waals surface area contributed by atoms with Gasteiger partial charge in [0.1, 0.15) is 11.5 Å². The average molecular weight is 236 g/mol. The first-order valence-corrected chi connectivity index (χ1v) is 5.51. The lowest BCUT2D eigenvalue weighted by atomic mass is 10.3. The lowest BCUT2D eigenvalue weighted by Gasteiger charge is -2.11. The maximum atomic E-state index is 11.9. The maximum Gasteiger partial charge on any atom is 0.276 e. The molecule has 1 aliphatic heterocycles. The highest BCUT2D eigenvalue weighted by atomic mass is 32.1. The number of thiocarbonyl (C=S) groups is 1. The fourth-order valence-electron chi connectivity index (χ4n) is 1.51. The van der Waals surface area contributed by atoms with E-state index in [0.29, 0.717) is 23.1 Å². The second-order valence-corrected chi connectivity index (χ2v) is 3.85. The molecule has 0 saturated carbocycles. The first-order chi connectivity index (χ1) is 7.72. The fraction of sp³-hybridized carbons (Fsp3) is 0.273. The summed E-state index contributed by atoms with van der Waals surface area (Å²) in [5, 5.41) is 3.35. The third kappa shape index (κ3) is 1.99. The first-order valence-electron chi connectivity index (χ1n) is 5.10. The summed E-state index contributed by atoms with van der Waals surface area (Å²) in [6, 6.07) is 3.56. The van der Waals surface area contributed by atoms with E-state index in [1.165, 1.54) is 0 Å². The zero-order chi connectivity index (χ0) is 11.5. The molecule has 1 fully saturated rings. The van der Waals surface area contributed by atoms with Crippen LogP contribution in [0.25, 0.3) is 6.08 Å². The Hall–Kier alpha value is -1.62. The van der Waals surface area contributed by atoms with Gasteiger partial charge in [0.2, 0.25) is 0 Å². The molecule has 1 aliphatic rings. The van der Waals surface area contributed by atoms with Crippen molar-refractivity contribution in [3.63, 3.8) is 0 Å². The third-order valence-corrected chi connectivity index (χ3v) is 2.56. The molecule has 0 radical (unpaired) electrons. The molecule has 16 heavy (non-hydrogen) atoms. The summed E-state index contributed by atoms with van der Waals surface area (Å²) >= 11 is 5.08. The largest absolute Gasteiger partial charge is 0.465 e. The van der Waals surface area contributed by atoms with Crippen molar-refractivity contribution in [3.8, 4) is 0 Å². The highest BCUT2D eigenvalue weighted by Crippen LogP contribution is 2.14. The Kier molecular flexibility index (Phi) is 3.05. The van der Waals surface area contributed by atoms with Crippen molar-refractivity contribution in [3.05, 3.63) is 29.9 Å². The summed E-state index contributed by atoms with van der Waals surface area (Å²) in [5.74, 6) is 0.542. The number of furan rings is 1. The van der Waals surface area contributed by atoms with Gasteiger partial charge in [0, 0.05) is 12.6 Å². The SMILES string of the molecule is CCCN1C(=O)C(=Cc2ccco2)NC1=S. The van der Waals surface area contributed by atoms with Crippen LogP contribution in [0.2, 0.25) is 0 Å². The van der Waals surface area contributed by atoms with Gasteiger partial charge < -0.3 is 9.73 Å². The molecule has 1 N–H and O–H groups in total. The quantitative estimate of drug-likeness (QED) is 0.641. The summed E-state index contributed by atoms with van der Waals surface area (Å²) in [7, 11) is 0. The Balaban J connectivity index is 2.20. The molecule has 0 spiro atoms. The number of carbonyl (C=O) groups is 1. The number of nitrogens with one attached hydrogen (secondary N) is 1. The molecule has 2 heterocycles. The molecule has 5 heteroatoms. The van der Waals surface area contributed by atoms with E-state index < -0.39 is 0 Å². The van der Waals surface area contributed by atoms with Crippen molar-refractivity contribution >= 4 is 29.3 Å². The number of nitrogens with zero attached hydrogens (tertiary/aromatic N) is 1. The lowest BCUT2D eigenvalue weighted by molar-refractivity contribution is -0.122. The smallest absolute Gasteiger partial charge is 0.276 e. The van der Waals surface area contributed by atoms with Gasteiger partial charge in [0.15, 0.2) is 5.11 Å². The van der Waals surface area contributed by atoms with Gasteiger partial charge in [0.25, 0.3) is 5.91 Å². The minimum atomic E-state index is -0.0942. The van der Waals surface area contributed by atoms with Crippen LogP contribution in [0.1, 0.15) is 19.1 Å². The van der Waals surface area contributed by atoms with Gasteiger partial charge in [-0.15, -0.1) is 0 Å². The van der Waals surface area contributed by atoms with Crippen LogP contribution in [0.15, 0.2) is 28.5 Å². The van der Waals surface area contributed by atoms with Crippen LogP contribution in [-0.4, -0.2) is 22.5 Å². The van der Waals surface area contributed by atoms with Gasteiger partial charge >= 0.3 is 0 Å². The number of amides is 1. The van der Waals surface area contributed by atoms with E-state index in [9.17, 15) is 4.79 Å². The van der Waals surface area contributed by atoms with Crippen LogP contribution >= 0.6 is 12.2 Å². The van der Waals surface area contributed by atoms with E-state index in [1.54, 1.807) is 29.4 Å². The highest BCUT2D eigenvalue weighted by Gasteiger charge is 2.29. The second kappa shape index (κ2) is 4.49. The normalized spacial score (nSPS) is 18.3. The van der Waals surface area contributed by atoms with Crippen molar-refractivity contribution in [1.82, 2.24) is 10.2 Å². The molecule has 1 saturated heterocycles. The highest BCUT2D eigenvalue weighted by molar-refractivity contribution is 7.80. The molecule has 0 aliphatic carbocycles. The van der Waals surface area contributed by atoms with Gasteiger partial charge in [-0.05, 0) is 30.8 Å².